The summed E-state index contributed by atoms with van der Waals surface area (Å²) in [5, 5.41) is 0. The lowest BCUT2D eigenvalue weighted by Gasteiger charge is -2.32. The largest absolute Gasteiger partial charge is 0.379 e. The minimum absolute atomic E-state index is 0.288. The zero-order valence-corrected chi connectivity index (χ0v) is 8.96. The Hall–Kier alpha value is -1.00. The van der Waals surface area contributed by atoms with Crippen LogP contribution in [0.5, 0.6) is 0 Å². The van der Waals surface area contributed by atoms with Crippen LogP contribution in [0.25, 0.3) is 0 Å². The van der Waals surface area contributed by atoms with E-state index in [0.717, 1.165) is 19.2 Å². The molecule has 16 heavy (non-hydrogen) atoms. The molecule has 0 amide bonds. The summed E-state index contributed by atoms with van der Waals surface area (Å²) in [5.74, 6) is -1.10. The standard InChI is InChI=1S/C12H14F2NO/c1-9(15-4-6-16-7-5-15)11-3-2-10(13)8-12(11)14/h2-3,8-9H,1,4-7H2. The summed E-state index contributed by atoms with van der Waals surface area (Å²) in [5.41, 5.74) is 0.434. The molecule has 0 bridgehead atoms. The van der Waals surface area contributed by atoms with Crippen molar-refractivity contribution in [1.29, 1.82) is 0 Å². The Bertz CT molecular complexity index is 364. The molecule has 0 spiro atoms. The van der Waals surface area contributed by atoms with Crippen molar-refractivity contribution in [3.8, 4) is 0 Å². The Kier molecular flexibility index (Phi) is 3.51. The van der Waals surface area contributed by atoms with Crippen molar-refractivity contribution in [3.05, 3.63) is 42.3 Å². The third-order valence-electron chi connectivity index (χ3n) is 2.81. The normalized spacial score (nSPS) is 19.7. The van der Waals surface area contributed by atoms with Crippen LogP contribution in [0.4, 0.5) is 8.78 Å². The van der Waals surface area contributed by atoms with Crippen LogP contribution < -0.4 is 0 Å². The summed E-state index contributed by atoms with van der Waals surface area (Å²) in [4.78, 5) is 2.03. The first-order chi connectivity index (χ1) is 7.68. The molecule has 1 unspecified atom stereocenters. The van der Waals surface area contributed by atoms with E-state index in [1.165, 1.54) is 12.1 Å². The van der Waals surface area contributed by atoms with Gasteiger partial charge in [-0.2, -0.15) is 0 Å². The predicted molar refractivity (Wildman–Crippen MR) is 56.8 cm³/mol. The Balaban J connectivity index is 2.15. The van der Waals surface area contributed by atoms with Crippen LogP contribution in [0.3, 0.4) is 0 Å². The van der Waals surface area contributed by atoms with Crippen molar-refractivity contribution >= 4 is 0 Å². The van der Waals surface area contributed by atoms with Gasteiger partial charge in [0.25, 0.3) is 0 Å². The lowest BCUT2D eigenvalue weighted by Crippen LogP contribution is -2.38. The van der Waals surface area contributed by atoms with Gasteiger partial charge in [0.1, 0.15) is 11.6 Å². The molecule has 0 saturated carbocycles. The van der Waals surface area contributed by atoms with Gasteiger partial charge >= 0.3 is 0 Å². The van der Waals surface area contributed by atoms with Crippen molar-refractivity contribution in [2.24, 2.45) is 0 Å². The summed E-state index contributed by atoms with van der Waals surface area (Å²) in [6.45, 7) is 6.65. The summed E-state index contributed by atoms with van der Waals surface area (Å²) in [7, 11) is 0. The molecule has 1 fully saturated rings. The molecular weight excluding hydrogens is 212 g/mol. The van der Waals surface area contributed by atoms with Crippen LogP contribution in [-0.2, 0) is 4.74 Å². The molecule has 1 saturated heterocycles. The van der Waals surface area contributed by atoms with Crippen LogP contribution in [0, 0.1) is 18.6 Å². The summed E-state index contributed by atoms with van der Waals surface area (Å²) >= 11 is 0. The fraction of sp³-hybridized carbons (Fsp3) is 0.417. The van der Waals surface area contributed by atoms with Crippen molar-refractivity contribution < 1.29 is 13.5 Å². The zero-order chi connectivity index (χ0) is 11.5. The second-order valence-corrected chi connectivity index (χ2v) is 3.83. The Morgan fingerprint density at radius 3 is 2.56 bits per heavy atom. The smallest absolute Gasteiger partial charge is 0.130 e. The number of benzene rings is 1. The molecule has 1 aliphatic heterocycles. The van der Waals surface area contributed by atoms with E-state index in [4.69, 9.17) is 4.74 Å². The SMILES string of the molecule is [CH2]C(c1ccc(F)cc1F)N1CCOCC1. The highest BCUT2D eigenvalue weighted by molar-refractivity contribution is 5.23. The number of ether oxygens (including phenoxy) is 1. The van der Waals surface area contributed by atoms with Crippen LogP contribution in [0.1, 0.15) is 11.6 Å². The maximum Gasteiger partial charge on any atom is 0.130 e. The quantitative estimate of drug-likeness (QED) is 0.766. The number of rotatable bonds is 2. The van der Waals surface area contributed by atoms with Crippen molar-refractivity contribution in [3.63, 3.8) is 0 Å². The fourth-order valence-electron chi connectivity index (χ4n) is 1.86. The van der Waals surface area contributed by atoms with Crippen LogP contribution in [0.2, 0.25) is 0 Å². The molecule has 1 atom stereocenters. The number of nitrogens with zero attached hydrogens (tertiary/aromatic N) is 1. The summed E-state index contributed by atoms with van der Waals surface area (Å²) in [6.07, 6.45) is 0. The molecule has 1 aromatic rings. The number of hydrogen-bond acceptors (Lipinski definition) is 2. The maximum absolute atomic E-state index is 13.5. The maximum atomic E-state index is 13.5. The van der Waals surface area contributed by atoms with Gasteiger partial charge in [0.2, 0.25) is 0 Å². The van der Waals surface area contributed by atoms with Crippen LogP contribution in [-0.4, -0.2) is 31.2 Å². The molecule has 1 heterocycles. The van der Waals surface area contributed by atoms with Gasteiger partial charge in [-0.3, -0.25) is 4.90 Å². The van der Waals surface area contributed by atoms with Gasteiger partial charge in [0.05, 0.1) is 13.2 Å². The van der Waals surface area contributed by atoms with E-state index in [9.17, 15) is 8.78 Å². The van der Waals surface area contributed by atoms with Gasteiger partial charge < -0.3 is 4.74 Å². The molecule has 4 heteroatoms. The number of halogens is 2. The second-order valence-electron chi connectivity index (χ2n) is 3.83. The molecule has 0 aromatic heterocycles. The first kappa shape index (κ1) is 11.5. The van der Waals surface area contributed by atoms with Gasteiger partial charge in [0, 0.05) is 30.8 Å². The fourth-order valence-corrected chi connectivity index (χ4v) is 1.86. The zero-order valence-electron chi connectivity index (χ0n) is 8.96. The number of hydrogen-bond donors (Lipinski definition) is 0. The lowest BCUT2D eigenvalue weighted by molar-refractivity contribution is 0.0242. The van der Waals surface area contributed by atoms with E-state index in [0.29, 0.717) is 18.8 Å². The monoisotopic (exact) mass is 226 g/mol. The van der Waals surface area contributed by atoms with E-state index < -0.39 is 11.6 Å². The highest BCUT2D eigenvalue weighted by Crippen LogP contribution is 2.23. The Morgan fingerprint density at radius 2 is 1.94 bits per heavy atom. The third-order valence-corrected chi connectivity index (χ3v) is 2.81. The number of morpholine rings is 1. The van der Waals surface area contributed by atoms with Gasteiger partial charge in [-0.05, 0) is 13.0 Å². The molecule has 1 radical (unpaired) electrons. The average Bonchev–Trinajstić information content (AvgIpc) is 2.29. The predicted octanol–water partition coefficient (Wildman–Crippen LogP) is 2.17. The van der Waals surface area contributed by atoms with Gasteiger partial charge in [-0.1, -0.05) is 6.07 Å². The minimum Gasteiger partial charge on any atom is -0.379 e. The van der Waals surface area contributed by atoms with Gasteiger partial charge in [0.15, 0.2) is 0 Å². The topological polar surface area (TPSA) is 12.5 Å². The first-order valence-corrected chi connectivity index (χ1v) is 5.28. The summed E-state index contributed by atoms with van der Waals surface area (Å²) in [6, 6.07) is 3.33. The first-order valence-electron chi connectivity index (χ1n) is 5.28. The van der Waals surface area contributed by atoms with E-state index >= 15 is 0 Å². The lowest BCUT2D eigenvalue weighted by atomic mass is 10.1. The Labute approximate surface area is 93.8 Å². The molecular formula is C12H14F2NO. The van der Waals surface area contributed by atoms with Gasteiger partial charge in [-0.15, -0.1) is 0 Å². The van der Waals surface area contributed by atoms with Crippen LogP contribution in [0.15, 0.2) is 18.2 Å². The van der Waals surface area contributed by atoms with Crippen molar-refractivity contribution in [2.75, 3.05) is 26.3 Å². The highest BCUT2D eigenvalue weighted by Gasteiger charge is 2.21. The second kappa shape index (κ2) is 4.89. The van der Waals surface area contributed by atoms with E-state index in [-0.39, 0.29) is 6.04 Å². The minimum atomic E-state index is -0.560. The molecule has 1 aliphatic rings. The molecule has 2 nitrogen and oxygen atoms in total. The Morgan fingerprint density at radius 1 is 1.25 bits per heavy atom. The molecule has 87 valence electrons. The highest BCUT2D eigenvalue weighted by atomic mass is 19.1. The van der Waals surface area contributed by atoms with E-state index in [1.807, 2.05) is 4.90 Å². The molecule has 0 N–H and O–H groups in total. The van der Waals surface area contributed by atoms with E-state index in [2.05, 4.69) is 6.92 Å². The average molecular weight is 226 g/mol. The van der Waals surface area contributed by atoms with Crippen molar-refractivity contribution in [2.45, 2.75) is 6.04 Å². The molecule has 0 aliphatic carbocycles. The van der Waals surface area contributed by atoms with Crippen LogP contribution >= 0.6 is 0 Å². The van der Waals surface area contributed by atoms with Crippen molar-refractivity contribution in [1.82, 2.24) is 4.90 Å². The molecule has 2 rings (SSSR count). The summed E-state index contributed by atoms with van der Waals surface area (Å²) < 4.78 is 31.5. The van der Waals surface area contributed by atoms with Gasteiger partial charge in [-0.25, -0.2) is 8.78 Å². The third kappa shape index (κ3) is 2.39. The molecule has 1 aromatic carbocycles. The van der Waals surface area contributed by atoms with E-state index in [1.54, 1.807) is 0 Å².